The lowest BCUT2D eigenvalue weighted by Gasteiger charge is -2.42. The van der Waals surface area contributed by atoms with Gasteiger partial charge in [0.15, 0.2) is 0 Å². The van der Waals surface area contributed by atoms with Gasteiger partial charge >= 0.3 is 5.69 Å². The van der Waals surface area contributed by atoms with Gasteiger partial charge in [0.1, 0.15) is 0 Å². The SMILES string of the molecule is CC(C)N1CCC(N2CCC(n3cc(-c4ccc5ccccc5c4)[nH]c3=O)CC2)CC1. The minimum absolute atomic E-state index is 0.0202. The molecule has 5 rings (SSSR count). The molecule has 0 atom stereocenters. The predicted octanol–water partition coefficient (Wildman–Crippen LogP) is 4.51. The number of H-pyrrole nitrogens is 1. The second-order valence-corrected chi connectivity index (χ2v) is 9.57. The third kappa shape index (κ3) is 4.21. The molecule has 1 N–H and O–H groups in total. The van der Waals surface area contributed by atoms with E-state index in [0.29, 0.717) is 18.1 Å². The van der Waals surface area contributed by atoms with Crippen LogP contribution in [0.4, 0.5) is 0 Å². The molecule has 0 unspecified atom stereocenters. The van der Waals surface area contributed by atoms with E-state index < -0.39 is 0 Å². The molecule has 1 aromatic heterocycles. The van der Waals surface area contributed by atoms with Crippen LogP contribution >= 0.6 is 0 Å². The number of aromatic amines is 1. The third-order valence-electron chi connectivity index (χ3n) is 7.44. The van der Waals surface area contributed by atoms with Crippen LogP contribution < -0.4 is 5.69 Å². The molecule has 31 heavy (non-hydrogen) atoms. The molecule has 2 aliphatic heterocycles. The van der Waals surface area contributed by atoms with Gasteiger partial charge < -0.3 is 14.8 Å². The van der Waals surface area contributed by atoms with Gasteiger partial charge in [-0.1, -0.05) is 36.4 Å². The van der Waals surface area contributed by atoms with Crippen molar-refractivity contribution >= 4 is 10.8 Å². The third-order valence-corrected chi connectivity index (χ3v) is 7.44. The van der Waals surface area contributed by atoms with Gasteiger partial charge in [0.2, 0.25) is 0 Å². The molecule has 0 amide bonds. The summed E-state index contributed by atoms with van der Waals surface area (Å²) in [4.78, 5) is 21.1. The number of hydrogen-bond donors (Lipinski definition) is 1. The molecule has 2 saturated heterocycles. The molecule has 3 heterocycles. The minimum atomic E-state index is 0.0202. The average molecular weight is 419 g/mol. The van der Waals surface area contributed by atoms with E-state index in [1.807, 2.05) is 10.8 Å². The van der Waals surface area contributed by atoms with Gasteiger partial charge in [0.25, 0.3) is 0 Å². The standard InChI is InChI=1S/C26H34N4O/c1-19(2)28-13-9-23(10-14-28)29-15-11-24(12-16-29)30-18-25(27-26(30)31)22-8-7-20-5-3-4-6-21(20)17-22/h3-8,17-19,23-24H,9-16H2,1-2H3,(H,27,31). The molecule has 3 aromatic rings. The monoisotopic (exact) mass is 418 g/mol. The van der Waals surface area contributed by atoms with Gasteiger partial charge in [0, 0.05) is 43.0 Å². The second-order valence-electron chi connectivity index (χ2n) is 9.57. The van der Waals surface area contributed by atoms with E-state index in [1.165, 1.54) is 36.7 Å². The Hall–Kier alpha value is -2.37. The Kier molecular flexibility index (Phi) is 5.72. The Morgan fingerprint density at radius 3 is 2.26 bits per heavy atom. The molecule has 2 aromatic carbocycles. The molecule has 5 heteroatoms. The summed E-state index contributed by atoms with van der Waals surface area (Å²) in [7, 11) is 0. The zero-order valence-electron chi connectivity index (χ0n) is 18.8. The highest BCUT2D eigenvalue weighted by atomic mass is 16.1. The number of aromatic nitrogens is 2. The number of likely N-dealkylation sites (tertiary alicyclic amines) is 2. The summed E-state index contributed by atoms with van der Waals surface area (Å²) in [6.45, 7) is 9.22. The van der Waals surface area contributed by atoms with Crippen LogP contribution in [0.25, 0.3) is 22.0 Å². The van der Waals surface area contributed by atoms with E-state index in [0.717, 1.165) is 37.2 Å². The number of nitrogens with one attached hydrogen (secondary N) is 1. The molecule has 0 bridgehead atoms. The van der Waals surface area contributed by atoms with E-state index in [9.17, 15) is 4.79 Å². The van der Waals surface area contributed by atoms with E-state index >= 15 is 0 Å². The van der Waals surface area contributed by atoms with Crippen molar-refractivity contribution in [1.82, 2.24) is 19.4 Å². The fourth-order valence-electron chi connectivity index (χ4n) is 5.48. The number of benzene rings is 2. The molecule has 5 nitrogen and oxygen atoms in total. The van der Waals surface area contributed by atoms with Crippen LogP contribution in [0.3, 0.4) is 0 Å². The molecule has 0 radical (unpaired) electrons. The van der Waals surface area contributed by atoms with Crippen molar-refractivity contribution in [2.24, 2.45) is 0 Å². The van der Waals surface area contributed by atoms with Crippen LogP contribution in [0.5, 0.6) is 0 Å². The number of piperidine rings is 2. The summed E-state index contributed by atoms with van der Waals surface area (Å²) in [5.74, 6) is 0. The summed E-state index contributed by atoms with van der Waals surface area (Å²) in [5.41, 5.74) is 2.01. The maximum absolute atomic E-state index is 12.7. The van der Waals surface area contributed by atoms with Crippen LogP contribution in [0.15, 0.2) is 53.5 Å². The Labute approximate surface area is 184 Å². The largest absolute Gasteiger partial charge is 0.326 e. The maximum Gasteiger partial charge on any atom is 0.326 e. The zero-order chi connectivity index (χ0) is 21.4. The molecule has 0 spiro atoms. The molecule has 0 saturated carbocycles. The van der Waals surface area contributed by atoms with E-state index in [2.05, 4.69) is 71.1 Å². The van der Waals surface area contributed by atoms with E-state index in [4.69, 9.17) is 0 Å². The Bertz CT molecular complexity index is 1080. The second kappa shape index (κ2) is 8.64. The zero-order valence-corrected chi connectivity index (χ0v) is 18.8. The maximum atomic E-state index is 12.7. The summed E-state index contributed by atoms with van der Waals surface area (Å²) >= 11 is 0. The first-order valence-electron chi connectivity index (χ1n) is 11.9. The number of hydrogen-bond acceptors (Lipinski definition) is 3. The highest BCUT2D eigenvalue weighted by Crippen LogP contribution is 2.28. The number of rotatable bonds is 4. The average Bonchev–Trinajstić information content (AvgIpc) is 3.20. The Balaban J connectivity index is 1.25. The van der Waals surface area contributed by atoms with Gasteiger partial charge in [-0.3, -0.25) is 4.57 Å². The lowest BCUT2D eigenvalue weighted by Crippen LogP contribution is -2.49. The number of nitrogens with zero attached hydrogens (tertiary/aromatic N) is 3. The van der Waals surface area contributed by atoms with Crippen LogP contribution in [0.1, 0.15) is 45.6 Å². The molecular weight excluding hydrogens is 384 g/mol. The van der Waals surface area contributed by atoms with Crippen molar-refractivity contribution < 1.29 is 0 Å². The highest BCUT2D eigenvalue weighted by Gasteiger charge is 2.29. The van der Waals surface area contributed by atoms with E-state index in [-0.39, 0.29) is 5.69 Å². The molecule has 2 fully saturated rings. The number of imidazole rings is 1. The smallest absolute Gasteiger partial charge is 0.306 e. The quantitative estimate of drug-likeness (QED) is 0.678. The Morgan fingerprint density at radius 1 is 0.871 bits per heavy atom. The molecule has 0 aliphatic carbocycles. The lowest BCUT2D eigenvalue weighted by molar-refractivity contribution is 0.0684. The summed E-state index contributed by atoms with van der Waals surface area (Å²) in [6.07, 6.45) is 6.70. The van der Waals surface area contributed by atoms with Gasteiger partial charge in [-0.15, -0.1) is 0 Å². The molecular formula is C26H34N4O. The van der Waals surface area contributed by atoms with Crippen molar-refractivity contribution in [2.45, 2.75) is 57.7 Å². The highest BCUT2D eigenvalue weighted by molar-refractivity contribution is 5.86. The normalized spacial score (nSPS) is 20.1. The van der Waals surface area contributed by atoms with Crippen molar-refractivity contribution in [3.63, 3.8) is 0 Å². The fraction of sp³-hybridized carbons (Fsp3) is 0.500. The van der Waals surface area contributed by atoms with Gasteiger partial charge in [-0.05, 0) is 69.5 Å². The first-order valence-corrected chi connectivity index (χ1v) is 11.9. The number of fused-ring (bicyclic) bond motifs is 1. The van der Waals surface area contributed by atoms with E-state index in [1.54, 1.807) is 0 Å². The Morgan fingerprint density at radius 2 is 1.55 bits per heavy atom. The summed E-state index contributed by atoms with van der Waals surface area (Å²) in [6, 6.07) is 16.4. The first kappa shape index (κ1) is 20.5. The molecule has 2 aliphatic rings. The minimum Gasteiger partial charge on any atom is -0.306 e. The van der Waals surface area contributed by atoms with Gasteiger partial charge in [-0.25, -0.2) is 4.79 Å². The molecule has 164 valence electrons. The van der Waals surface area contributed by atoms with Crippen molar-refractivity contribution in [1.29, 1.82) is 0 Å². The fourth-order valence-corrected chi connectivity index (χ4v) is 5.48. The summed E-state index contributed by atoms with van der Waals surface area (Å²) < 4.78 is 1.95. The van der Waals surface area contributed by atoms with Gasteiger partial charge in [0.05, 0.1) is 5.69 Å². The van der Waals surface area contributed by atoms with Crippen LogP contribution in [-0.2, 0) is 0 Å². The predicted molar refractivity (Wildman–Crippen MR) is 128 cm³/mol. The van der Waals surface area contributed by atoms with Crippen LogP contribution in [0, 0.1) is 0 Å². The van der Waals surface area contributed by atoms with Crippen molar-refractivity contribution in [2.75, 3.05) is 26.2 Å². The topological polar surface area (TPSA) is 44.3 Å². The first-order chi connectivity index (χ1) is 15.1. The lowest BCUT2D eigenvalue weighted by atomic mass is 9.97. The van der Waals surface area contributed by atoms with Crippen LogP contribution in [0.2, 0.25) is 0 Å². The van der Waals surface area contributed by atoms with Crippen LogP contribution in [-0.4, -0.2) is 57.6 Å². The van der Waals surface area contributed by atoms with Crippen molar-refractivity contribution in [3.05, 3.63) is 59.1 Å². The van der Waals surface area contributed by atoms with Gasteiger partial charge in [-0.2, -0.15) is 0 Å². The van der Waals surface area contributed by atoms with Crippen molar-refractivity contribution in [3.8, 4) is 11.3 Å². The summed E-state index contributed by atoms with van der Waals surface area (Å²) in [5, 5.41) is 2.42.